The average molecular weight is 264 g/mol. The van der Waals surface area contributed by atoms with E-state index in [0.717, 1.165) is 19.3 Å². The second-order valence-electron chi connectivity index (χ2n) is 4.60. The largest absolute Gasteiger partial charge is 0.481 e. The molecule has 102 valence electrons. The third kappa shape index (κ3) is 2.98. The minimum absolute atomic E-state index is 0.0391. The first-order valence-electron chi connectivity index (χ1n) is 6.19. The highest BCUT2D eigenvalue weighted by atomic mass is 16.4. The molecule has 1 aliphatic carbocycles. The van der Waals surface area contributed by atoms with E-state index in [4.69, 9.17) is 5.73 Å². The highest BCUT2D eigenvalue weighted by molar-refractivity contribution is 5.95. The van der Waals surface area contributed by atoms with Gasteiger partial charge >= 0.3 is 5.97 Å². The Balaban J connectivity index is 2.19. The number of amides is 1. The van der Waals surface area contributed by atoms with Crippen LogP contribution in [-0.2, 0) is 4.79 Å². The van der Waals surface area contributed by atoms with Crippen LogP contribution in [0.5, 0.6) is 0 Å². The topological polar surface area (TPSA) is 118 Å². The Bertz CT molecular complexity index is 492. The van der Waals surface area contributed by atoms with Crippen molar-refractivity contribution in [2.45, 2.75) is 31.7 Å². The molecule has 0 saturated heterocycles. The molecule has 7 nitrogen and oxygen atoms in total. The van der Waals surface area contributed by atoms with Gasteiger partial charge in [0.05, 0.1) is 5.92 Å². The van der Waals surface area contributed by atoms with Crippen LogP contribution < -0.4 is 11.1 Å². The molecule has 4 N–H and O–H groups in total. The van der Waals surface area contributed by atoms with Crippen molar-refractivity contribution in [2.75, 3.05) is 5.32 Å². The van der Waals surface area contributed by atoms with Gasteiger partial charge in [0.1, 0.15) is 0 Å². The van der Waals surface area contributed by atoms with E-state index in [1.165, 1.54) is 12.4 Å². The number of primary amides is 1. The fraction of sp³-hybridized carbons (Fsp3) is 0.500. The molecule has 0 spiro atoms. The number of aromatic nitrogens is 2. The maximum Gasteiger partial charge on any atom is 0.308 e. The zero-order valence-corrected chi connectivity index (χ0v) is 10.4. The van der Waals surface area contributed by atoms with E-state index in [1.54, 1.807) is 0 Å². The van der Waals surface area contributed by atoms with Crippen LogP contribution in [0.25, 0.3) is 0 Å². The summed E-state index contributed by atoms with van der Waals surface area (Å²) in [6.07, 6.45) is 6.02. The third-order valence-electron chi connectivity index (χ3n) is 3.34. The summed E-state index contributed by atoms with van der Waals surface area (Å²) >= 11 is 0. The number of rotatable bonds is 4. The van der Waals surface area contributed by atoms with E-state index in [0.29, 0.717) is 6.42 Å². The number of carbonyl (C=O) groups is 2. The maximum absolute atomic E-state index is 11.2. The Kier molecular flexibility index (Phi) is 3.94. The van der Waals surface area contributed by atoms with Crippen molar-refractivity contribution in [1.82, 2.24) is 9.97 Å². The van der Waals surface area contributed by atoms with Gasteiger partial charge in [-0.2, -0.15) is 0 Å². The van der Waals surface area contributed by atoms with E-state index in [2.05, 4.69) is 15.3 Å². The highest BCUT2D eigenvalue weighted by Crippen LogP contribution is 2.27. The molecule has 7 heteroatoms. The minimum Gasteiger partial charge on any atom is -0.481 e. The first kappa shape index (κ1) is 13.3. The number of nitrogens with two attached hydrogens (primary N) is 1. The Labute approximate surface area is 110 Å². The molecule has 0 aliphatic heterocycles. The molecule has 2 unspecified atom stereocenters. The molecule has 1 amide bonds. The molecule has 1 aliphatic rings. The molecular weight excluding hydrogens is 248 g/mol. The van der Waals surface area contributed by atoms with Crippen molar-refractivity contribution in [2.24, 2.45) is 11.7 Å². The van der Waals surface area contributed by atoms with Crippen LogP contribution in [0.1, 0.15) is 36.2 Å². The molecule has 0 aromatic carbocycles. The molecule has 2 atom stereocenters. The summed E-state index contributed by atoms with van der Waals surface area (Å²) in [6.45, 7) is 0. The number of carboxylic acid groups (broad SMARTS) is 1. The Morgan fingerprint density at radius 1 is 1.26 bits per heavy atom. The second-order valence-corrected chi connectivity index (χ2v) is 4.60. The lowest BCUT2D eigenvalue weighted by Crippen LogP contribution is -2.38. The first-order valence-corrected chi connectivity index (χ1v) is 6.19. The zero-order valence-electron chi connectivity index (χ0n) is 10.4. The maximum atomic E-state index is 11.2. The summed E-state index contributed by atoms with van der Waals surface area (Å²) in [5.74, 6) is -1.73. The van der Waals surface area contributed by atoms with E-state index < -0.39 is 17.8 Å². The monoisotopic (exact) mass is 264 g/mol. The summed E-state index contributed by atoms with van der Waals surface area (Å²) in [4.78, 5) is 30.3. The summed E-state index contributed by atoms with van der Waals surface area (Å²) in [6, 6.07) is -0.249. The number of hydrogen-bond acceptors (Lipinski definition) is 5. The van der Waals surface area contributed by atoms with Gasteiger partial charge in [0.15, 0.2) is 11.5 Å². The number of anilines is 1. The molecule has 1 saturated carbocycles. The second kappa shape index (κ2) is 5.64. The third-order valence-corrected chi connectivity index (χ3v) is 3.34. The van der Waals surface area contributed by atoms with Gasteiger partial charge in [-0.05, 0) is 12.8 Å². The van der Waals surface area contributed by atoms with Crippen LogP contribution in [0.15, 0.2) is 12.4 Å². The quantitative estimate of drug-likeness (QED) is 0.734. The predicted molar refractivity (Wildman–Crippen MR) is 67.6 cm³/mol. The van der Waals surface area contributed by atoms with E-state index in [1.807, 2.05) is 0 Å². The van der Waals surface area contributed by atoms with Crippen molar-refractivity contribution in [1.29, 1.82) is 0 Å². The van der Waals surface area contributed by atoms with Gasteiger partial charge in [-0.1, -0.05) is 12.8 Å². The van der Waals surface area contributed by atoms with Crippen molar-refractivity contribution >= 4 is 17.7 Å². The van der Waals surface area contributed by atoms with Crippen molar-refractivity contribution in [3.8, 4) is 0 Å². The van der Waals surface area contributed by atoms with Gasteiger partial charge < -0.3 is 16.2 Å². The van der Waals surface area contributed by atoms with Crippen LogP contribution in [0.2, 0.25) is 0 Å². The predicted octanol–water partition coefficient (Wildman–Crippen LogP) is 0.631. The SMILES string of the molecule is NC(=O)c1nccnc1NC1CCCCC1C(=O)O. The van der Waals surface area contributed by atoms with Gasteiger partial charge in [0.25, 0.3) is 5.91 Å². The number of nitrogens with zero attached hydrogens (tertiary/aromatic N) is 2. The van der Waals surface area contributed by atoms with Gasteiger partial charge in [0.2, 0.25) is 0 Å². The molecular formula is C12H16N4O3. The van der Waals surface area contributed by atoms with E-state index >= 15 is 0 Å². The van der Waals surface area contributed by atoms with Crippen LogP contribution in [0.3, 0.4) is 0 Å². The van der Waals surface area contributed by atoms with Gasteiger partial charge in [-0.3, -0.25) is 9.59 Å². The molecule has 1 fully saturated rings. The molecule has 0 radical (unpaired) electrons. The lowest BCUT2D eigenvalue weighted by molar-refractivity contribution is -0.143. The van der Waals surface area contributed by atoms with E-state index in [-0.39, 0.29) is 17.6 Å². The summed E-state index contributed by atoms with van der Waals surface area (Å²) < 4.78 is 0. The number of hydrogen-bond donors (Lipinski definition) is 3. The first-order chi connectivity index (χ1) is 9.09. The minimum atomic E-state index is -0.832. The number of carboxylic acids is 1. The molecule has 1 aromatic rings. The number of nitrogens with one attached hydrogen (secondary N) is 1. The summed E-state index contributed by atoms with van der Waals surface area (Å²) in [5, 5.41) is 12.2. The average Bonchev–Trinajstić information content (AvgIpc) is 2.39. The number of carbonyl (C=O) groups excluding carboxylic acids is 1. The lowest BCUT2D eigenvalue weighted by Gasteiger charge is -2.29. The number of aliphatic carboxylic acids is 1. The van der Waals surface area contributed by atoms with Gasteiger partial charge in [0, 0.05) is 18.4 Å². The standard InChI is InChI=1S/C12H16N4O3/c13-10(17)9-11(15-6-5-14-9)16-8-4-2-1-3-7(8)12(18)19/h5-8H,1-4H2,(H2,13,17)(H,15,16)(H,18,19). The van der Waals surface area contributed by atoms with Gasteiger partial charge in [-0.15, -0.1) is 0 Å². The molecule has 1 heterocycles. The van der Waals surface area contributed by atoms with Crippen molar-refractivity contribution in [3.63, 3.8) is 0 Å². The summed E-state index contributed by atoms with van der Waals surface area (Å²) in [5.41, 5.74) is 5.26. The van der Waals surface area contributed by atoms with Crippen LogP contribution in [-0.4, -0.2) is 33.0 Å². The molecule has 0 bridgehead atoms. The zero-order chi connectivity index (χ0) is 13.8. The summed E-state index contributed by atoms with van der Waals surface area (Å²) in [7, 11) is 0. The fourth-order valence-electron chi connectivity index (χ4n) is 2.40. The van der Waals surface area contributed by atoms with Crippen LogP contribution in [0, 0.1) is 5.92 Å². The van der Waals surface area contributed by atoms with Crippen molar-refractivity contribution in [3.05, 3.63) is 18.1 Å². The molecule has 19 heavy (non-hydrogen) atoms. The lowest BCUT2D eigenvalue weighted by atomic mass is 9.84. The highest BCUT2D eigenvalue weighted by Gasteiger charge is 2.31. The van der Waals surface area contributed by atoms with Gasteiger partial charge in [-0.25, -0.2) is 9.97 Å². The normalized spacial score (nSPS) is 22.7. The Morgan fingerprint density at radius 2 is 1.95 bits per heavy atom. The smallest absolute Gasteiger partial charge is 0.308 e. The fourth-order valence-corrected chi connectivity index (χ4v) is 2.40. The Hall–Kier alpha value is -2.18. The Morgan fingerprint density at radius 3 is 2.63 bits per heavy atom. The molecule has 2 rings (SSSR count). The van der Waals surface area contributed by atoms with E-state index in [9.17, 15) is 14.7 Å². The van der Waals surface area contributed by atoms with Crippen LogP contribution in [0.4, 0.5) is 5.82 Å². The van der Waals surface area contributed by atoms with Crippen molar-refractivity contribution < 1.29 is 14.7 Å². The molecule has 1 aromatic heterocycles. The van der Waals surface area contributed by atoms with Crippen LogP contribution >= 0.6 is 0 Å².